The summed E-state index contributed by atoms with van der Waals surface area (Å²) in [5.74, 6) is 0.412. The summed E-state index contributed by atoms with van der Waals surface area (Å²) < 4.78 is 21.0. The average molecular weight is 291 g/mol. The summed E-state index contributed by atoms with van der Waals surface area (Å²) in [4.78, 5) is 12.0. The summed E-state index contributed by atoms with van der Waals surface area (Å²) in [6, 6.07) is 0. The largest absolute Gasteiger partial charge is 0.368 e. The van der Waals surface area contributed by atoms with E-state index in [1.807, 2.05) is 6.92 Å². The van der Waals surface area contributed by atoms with Crippen LogP contribution in [0.25, 0.3) is 11.2 Å². The minimum atomic E-state index is -0.764. The van der Waals surface area contributed by atoms with E-state index in [4.69, 9.17) is 4.74 Å². The van der Waals surface area contributed by atoms with Crippen LogP contribution in [-0.4, -0.2) is 32.7 Å². The second kappa shape index (κ2) is 5.77. The number of rotatable bonds is 5. The zero-order chi connectivity index (χ0) is 14.8. The van der Waals surface area contributed by atoms with E-state index < -0.39 is 6.08 Å². The van der Waals surface area contributed by atoms with E-state index in [0.29, 0.717) is 30.1 Å². The van der Waals surface area contributed by atoms with E-state index in [-0.39, 0.29) is 6.23 Å². The zero-order valence-electron chi connectivity index (χ0n) is 12.0. The Hall–Kier alpha value is -2.02. The van der Waals surface area contributed by atoms with E-state index >= 15 is 0 Å². The summed E-state index contributed by atoms with van der Waals surface area (Å²) in [5, 5.41) is 3.10. The van der Waals surface area contributed by atoms with E-state index in [9.17, 15) is 4.39 Å². The molecule has 1 atom stereocenters. The molecule has 1 aliphatic heterocycles. The van der Waals surface area contributed by atoms with Crippen molar-refractivity contribution in [2.45, 2.75) is 32.4 Å². The molecule has 1 saturated heterocycles. The van der Waals surface area contributed by atoms with Crippen LogP contribution in [0.15, 0.2) is 18.5 Å². The minimum Gasteiger partial charge on any atom is -0.368 e. The molecule has 3 heterocycles. The number of halogens is 1. The lowest BCUT2D eigenvalue weighted by Gasteiger charge is -2.11. The Bertz CT molecular complexity index is 663. The highest BCUT2D eigenvalue weighted by molar-refractivity contribution is 5.82. The third-order valence-corrected chi connectivity index (χ3v) is 3.45. The Morgan fingerprint density at radius 3 is 3.14 bits per heavy atom. The topological polar surface area (TPSA) is 64.9 Å². The molecule has 6 nitrogen and oxygen atoms in total. The van der Waals surface area contributed by atoms with E-state index in [1.165, 1.54) is 0 Å². The lowest BCUT2D eigenvalue weighted by Crippen LogP contribution is -2.09. The first kappa shape index (κ1) is 13.9. The van der Waals surface area contributed by atoms with Crippen LogP contribution in [0.2, 0.25) is 0 Å². The maximum atomic E-state index is 13.7. The molecule has 2 aromatic heterocycles. The molecule has 7 heteroatoms. The molecular weight excluding hydrogens is 273 g/mol. The lowest BCUT2D eigenvalue weighted by molar-refractivity contribution is 0.0592. The highest BCUT2D eigenvalue weighted by Crippen LogP contribution is 2.28. The van der Waals surface area contributed by atoms with Crippen molar-refractivity contribution in [1.29, 1.82) is 0 Å². The van der Waals surface area contributed by atoms with Crippen LogP contribution >= 0.6 is 0 Å². The van der Waals surface area contributed by atoms with Crippen molar-refractivity contribution in [2.75, 3.05) is 18.5 Å². The number of hydrogen-bond donors (Lipinski definition) is 1. The number of nitrogens with one attached hydrogen (secondary N) is 1. The number of ether oxygens (including phenoxy) is 1. The summed E-state index contributed by atoms with van der Waals surface area (Å²) in [6.07, 6.45) is 3.42. The van der Waals surface area contributed by atoms with Gasteiger partial charge in [-0.2, -0.15) is 14.4 Å². The Labute approximate surface area is 122 Å². The maximum Gasteiger partial charge on any atom is 0.312 e. The standard InChI is InChI=1S/C14H18FN5O/c1-9(2)5-6-16-12-11-13(19-14(15)18-12)20(8-17-11)10-4-3-7-21-10/h8,10H,1,3-7H2,2H3,(H,16,18,19). The number of fused-ring (bicyclic) bond motifs is 1. The molecular formula is C14H18FN5O. The number of aromatic nitrogens is 4. The van der Waals surface area contributed by atoms with Gasteiger partial charge in [0.1, 0.15) is 6.23 Å². The first-order valence-electron chi connectivity index (χ1n) is 7.05. The molecule has 1 fully saturated rings. The molecule has 2 aromatic rings. The predicted molar refractivity (Wildman–Crippen MR) is 77.4 cm³/mol. The van der Waals surface area contributed by atoms with Crippen LogP contribution in [0.1, 0.15) is 32.4 Å². The van der Waals surface area contributed by atoms with Crippen molar-refractivity contribution in [3.8, 4) is 0 Å². The monoisotopic (exact) mass is 291 g/mol. The Morgan fingerprint density at radius 2 is 2.43 bits per heavy atom. The fourth-order valence-electron chi connectivity index (χ4n) is 2.40. The van der Waals surface area contributed by atoms with Crippen molar-refractivity contribution in [3.05, 3.63) is 24.6 Å². The van der Waals surface area contributed by atoms with Gasteiger partial charge in [-0.3, -0.25) is 4.57 Å². The second-order valence-electron chi connectivity index (χ2n) is 5.27. The van der Waals surface area contributed by atoms with E-state index in [0.717, 1.165) is 24.8 Å². The van der Waals surface area contributed by atoms with Gasteiger partial charge in [0.25, 0.3) is 0 Å². The van der Waals surface area contributed by atoms with Gasteiger partial charge >= 0.3 is 6.08 Å². The molecule has 0 radical (unpaired) electrons. The van der Waals surface area contributed by atoms with Gasteiger partial charge in [-0.05, 0) is 26.2 Å². The number of nitrogens with zero attached hydrogens (tertiary/aromatic N) is 4. The van der Waals surface area contributed by atoms with Crippen LogP contribution < -0.4 is 5.32 Å². The molecule has 21 heavy (non-hydrogen) atoms. The molecule has 1 N–H and O–H groups in total. The number of hydrogen-bond acceptors (Lipinski definition) is 5. The Balaban J connectivity index is 1.91. The van der Waals surface area contributed by atoms with Crippen molar-refractivity contribution < 1.29 is 9.13 Å². The highest BCUT2D eigenvalue weighted by Gasteiger charge is 2.22. The van der Waals surface area contributed by atoms with Crippen molar-refractivity contribution in [1.82, 2.24) is 19.5 Å². The smallest absolute Gasteiger partial charge is 0.312 e. The number of anilines is 1. The summed E-state index contributed by atoms with van der Waals surface area (Å²) in [6.45, 7) is 7.13. The molecule has 1 unspecified atom stereocenters. The van der Waals surface area contributed by atoms with Gasteiger partial charge in [-0.1, -0.05) is 5.57 Å². The molecule has 0 aliphatic carbocycles. The van der Waals surface area contributed by atoms with Gasteiger partial charge in [0.05, 0.1) is 6.33 Å². The molecule has 1 aliphatic rings. The van der Waals surface area contributed by atoms with Crippen LogP contribution in [0, 0.1) is 6.08 Å². The third kappa shape index (κ3) is 2.87. The van der Waals surface area contributed by atoms with Gasteiger partial charge in [0, 0.05) is 13.2 Å². The van der Waals surface area contributed by atoms with Gasteiger partial charge in [0.2, 0.25) is 0 Å². The summed E-state index contributed by atoms with van der Waals surface area (Å²) >= 11 is 0. The van der Waals surface area contributed by atoms with Gasteiger partial charge in [-0.15, -0.1) is 6.58 Å². The fourth-order valence-corrected chi connectivity index (χ4v) is 2.40. The minimum absolute atomic E-state index is 0.118. The Kier molecular flexibility index (Phi) is 3.83. The van der Waals surface area contributed by atoms with Crippen LogP contribution in [0.5, 0.6) is 0 Å². The SMILES string of the molecule is C=C(C)CCNc1nc(F)nc2c1ncn2C1CCCO1. The molecule has 0 amide bonds. The molecule has 112 valence electrons. The first-order valence-corrected chi connectivity index (χ1v) is 7.05. The predicted octanol–water partition coefficient (Wildman–Crippen LogP) is 2.65. The highest BCUT2D eigenvalue weighted by atomic mass is 19.1. The summed E-state index contributed by atoms with van der Waals surface area (Å²) in [5.41, 5.74) is 2.08. The Morgan fingerprint density at radius 1 is 1.57 bits per heavy atom. The van der Waals surface area contributed by atoms with Crippen molar-refractivity contribution >= 4 is 17.0 Å². The number of imidazole rings is 1. The quantitative estimate of drug-likeness (QED) is 0.677. The van der Waals surface area contributed by atoms with Crippen molar-refractivity contribution in [3.63, 3.8) is 0 Å². The van der Waals surface area contributed by atoms with E-state index in [2.05, 4.69) is 26.8 Å². The molecule has 0 aromatic carbocycles. The van der Waals surface area contributed by atoms with Gasteiger partial charge in [0.15, 0.2) is 17.0 Å². The van der Waals surface area contributed by atoms with Crippen molar-refractivity contribution in [2.24, 2.45) is 0 Å². The second-order valence-corrected chi connectivity index (χ2v) is 5.27. The first-order chi connectivity index (χ1) is 10.1. The van der Waals surface area contributed by atoms with Gasteiger partial charge in [-0.25, -0.2) is 4.98 Å². The van der Waals surface area contributed by atoms with E-state index in [1.54, 1.807) is 10.9 Å². The molecule has 3 rings (SSSR count). The molecule has 0 spiro atoms. The summed E-state index contributed by atoms with van der Waals surface area (Å²) in [7, 11) is 0. The molecule has 0 saturated carbocycles. The fraction of sp³-hybridized carbons (Fsp3) is 0.500. The molecule has 0 bridgehead atoms. The van der Waals surface area contributed by atoms with Crippen LogP contribution in [0.4, 0.5) is 10.2 Å². The normalized spacial score (nSPS) is 18.3. The third-order valence-electron chi connectivity index (χ3n) is 3.45. The average Bonchev–Trinajstić information content (AvgIpc) is 3.05. The zero-order valence-corrected chi connectivity index (χ0v) is 12.0. The van der Waals surface area contributed by atoms with Gasteiger partial charge < -0.3 is 10.1 Å². The van der Waals surface area contributed by atoms with Crippen LogP contribution in [0.3, 0.4) is 0 Å². The maximum absolute atomic E-state index is 13.7. The lowest BCUT2D eigenvalue weighted by atomic mass is 10.2. The van der Waals surface area contributed by atoms with Crippen LogP contribution in [-0.2, 0) is 4.74 Å².